The minimum atomic E-state index is 0.0101. The topological polar surface area (TPSA) is 67.5 Å². The summed E-state index contributed by atoms with van der Waals surface area (Å²) in [5.41, 5.74) is 2.70. The van der Waals surface area contributed by atoms with Gasteiger partial charge in [-0.3, -0.25) is 9.69 Å². The number of aromatic amines is 1. The lowest BCUT2D eigenvalue weighted by Gasteiger charge is -2.29. The maximum atomic E-state index is 12.8. The maximum Gasteiger partial charge on any atom is 0.255 e. The highest BCUT2D eigenvalue weighted by Gasteiger charge is 2.25. The van der Waals surface area contributed by atoms with Crippen LogP contribution in [0.15, 0.2) is 16.9 Å². The molecular formula is C22H28ClN3O3. The second kappa shape index (κ2) is 8.76. The zero-order valence-electron chi connectivity index (χ0n) is 17.1. The Labute approximate surface area is 176 Å². The maximum absolute atomic E-state index is 12.8. The molecule has 0 unspecified atom stereocenters. The van der Waals surface area contributed by atoms with Crippen LogP contribution in [0.3, 0.4) is 0 Å². The molecule has 0 spiro atoms. The fourth-order valence-corrected chi connectivity index (χ4v) is 4.80. The second-order valence-corrected chi connectivity index (χ2v) is 8.41. The summed E-state index contributed by atoms with van der Waals surface area (Å²) in [4.78, 5) is 23.0. The molecule has 1 saturated carbocycles. The first-order valence-electron chi connectivity index (χ1n) is 10.3. The summed E-state index contributed by atoms with van der Waals surface area (Å²) in [5, 5.41) is 0.603. The van der Waals surface area contributed by atoms with Gasteiger partial charge in [0.25, 0.3) is 5.56 Å². The van der Waals surface area contributed by atoms with Crippen molar-refractivity contribution in [2.24, 2.45) is 0 Å². The number of fused-ring (bicyclic) bond motifs is 1. The van der Waals surface area contributed by atoms with Gasteiger partial charge < -0.3 is 14.5 Å². The summed E-state index contributed by atoms with van der Waals surface area (Å²) in [6.45, 7) is 2.04. The third-order valence-electron chi connectivity index (χ3n) is 6.07. The third kappa shape index (κ3) is 4.28. The van der Waals surface area contributed by atoms with Crippen molar-refractivity contribution in [2.45, 2.75) is 57.5 Å². The van der Waals surface area contributed by atoms with Crippen LogP contribution in [-0.4, -0.2) is 35.6 Å². The first-order chi connectivity index (χ1) is 14.1. The third-order valence-corrected chi connectivity index (χ3v) is 6.29. The monoisotopic (exact) mass is 417 g/mol. The molecule has 7 heteroatoms. The molecule has 2 aliphatic rings. The molecule has 0 radical (unpaired) electrons. The van der Waals surface area contributed by atoms with Crippen molar-refractivity contribution in [3.63, 3.8) is 0 Å². The number of methoxy groups -OCH3 is 2. The van der Waals surface area contributed by atoms with E-state index in [4.69, 9.17) is 26.1 Å². The molecule has 2 heterocycles. The van der Waals surface area contributed by atoms with Crippen molar-refractivity contribution in [1.82, 2.24) is 14.9 Å². The molecule has 1 N–H and O–H groups in total. The molecule has 1 aliphatic heterocycles. The Hall–Kier alpha value is -2.05. The number of hydrogen-bond acceptors (Lipinski definition) is 5. The molecule has 0 atom stereocenters. The summed E-state index contributed by atoms with van der Waals surface area (Å²) >= 11 is 6.25. The van der Waals surface area contributed by atoms with Crippen molar-refractivity contribution in [2.75, 3.05) is 20.8 Å². The van der Waals surface area contributed by atoms with Gasteiger partial charge in [0.1, 0.15) is 5.82 Å². The van der Waals surface area contributed by atoms with Gasteiger partial charge in [-0.2, -0.15) is 0 Å². The van der Waals surface area contributed by atoms with E-state index in [2.05, 4.69) is 9.88 Å². The van der Waals surface area contributed by atoms with E-state index in [1.165, 1.54) is 19.3 Å². The SMILES string of the molecule is COc1cc(Cl)cc(CN2CCc3nc(C4CCCCC4)[nH]c(=O)c3C2)c1OC. The Kier molecular flexibility index (Phi) is 6.11. The van der Waals surface area contributed by atoms with E-state index in [0.29, 0.717) is 35.5 Å². The van der Waals surface area contributed by atoms with Gasteiger partial charge >= 0.3 is 0 Å². The number of benzene rings is 1. The number of aromatic nitrogens is 2. The second-order valence-electron chi connectivity index (χ2n) is 7.97. The quantitative estimate of drug-likeness (QED) is 0.794. The van der Waals surface area contributed by atoms with Gasteiger partial charge in [0, 0.05) is 48.6 Å². The van der Waals surface area contributed by atoms with E-state index in [1.54, 1.807) is 20.3 Å². The van der Waals surface area contributed by atoms with E-state index in [1.807, 2.05) is 6.07 Å². The zero-order valence-corrected chi connectivity index (χ0v) is 17.8. The van der Waals surface area contributed by atoms with Crippen LogP contribution in [0.25, 0.3) is 0 Å². The van der Waals surface area contributed by atoms with Crippen LogP contribution < -0.4 is 15.0 Å². The number of halogens is 1. The Bertz CT molecular complexity index is 938. The number of ether oxygens (including phenoxy) is 2. The largest absolute Gasteiger partial charge is 0.493 e. The Balaban J connectivity index is 1.55. The van der Waals surface area contributed by atoms with Crippen LogP contribution in [0.2, 0.25) is 5.02 Å². The van der Waals surface area contributed by atoms with Gasteiger partial charge in [-0.25, -0.2) is 4.98 Å². The van der Waals surface area contributed by atoms with E-state index in [-0.39, 0.29) is 5.56 Å². The van der Waals surface area contributed by atoms with E-state index in [0.717, 1.165) is 48.5 Å². The van der Waals surface area contributed by atoms with Crippen molar-refractivity contribution in [1.29, 1.82) is 0 Å². The summed E-state index contributed by atoms with van der Waals surface area (Å²) in [6.07, 6.45) is 6.78. The van der Waals surface area contributed by atoms with E-state index >= 15 is 0 Å². The van der Waals surface area contributed by atoms with Gasteiger partial charge in [-0.1, -0.05) is 30.9 Å². The molecule has 1 aliphatic carbocycles. The molecule has 1 aromatic carbocycles. The number of nitrogens with one attached hydrogen (secondary N) is 1. The van der Waals surface area contributed by atoms with Gasteiger partial charge in [-0.05, 0) is 18.9 Å². The Morgan fingerprint density at radius 3 is 2.72 bits per heavy atom. The Morgan fingerprint density at radius 1 is 1.21 bits per heavy atom. The highest BCUT2D eigenvalue weighted by molar-refractivity contribution is 6.30. The van der Waals surface area contributed by atoms with Crippen molar-refractivity contribution < 1.29 is 9.47 Å². The predicted octanol–water partition coefficient (Wildman–Crippen LogP) is 4.05. The molecule has 4 rings (SSSR count). The molecule has 0 saturated heterocycles. The number of H-pyrrole nitrogens is 1. The van der Waals surface area contributed by atoms with Crippen LogP contribution in [-0.2, 0) is 19.5 Å². The zero-order chi connectivity index (χ0) is 20.4. The molecule has 0 amide bonds. The Morgan fingerprint density at radius 2 is 2.00 bits per heavy atom. The fraction of sp³-hybridized carbons (Fsp3) is 0.545. The summed E-state index contributed by atoms with van der Waals surface area (Å²) in [5.74, 6) is 2.59. The smallest absolute Gasteiger partial charge is 0.255 e. The fourth-order valence-electron chi connectivity index (χ4n) is 4.57. The van der Waals surface area contributed by atoms with Crippen molar-refractivity contribution in [3.05, 3.63) is 50.2 Å². The first-order valence-corrected chi connectivity index (χ1v) is 10.7. The minimum Gasteiger partial charge on any atom is -0.493 e. The normalized spacial score (nSPS) is 17.8. The van der Waals surface area contributed by atoms with Gasteiger partial charge in [0.05, 0.1) is 25.5 Å². The van der Waals surface area contributed by atoms with Gasteiger partial charge in [0.15, 0.2) is 11.5 Å². The molecule has 29 heavy (non-hydrogen) atoms. The van der Waals surface area contributed by atoms with Crippen LogP contribution in [0.1, 0.15) is 60.7 Å². The molecule has 156 valence electrons. The highest BCUT2D eigenvalue weighted by Crippen LogP contribution is 2.36. The molecule has 1 fully saturated rings. The van der Waals surface area contributed by atoms with Gasteiger partial charge in [0.2, 0.25) is 0 Å². The van der Waals surface area contributed by atoms with Crippen molar-refractivity contribution in [3.8, 4) is 11.5 Å². The first kappa shape index (κ1) is 20.2. The van der Waals surface area contributed by atoms with E-state index < -0.39 is 0 Å². The average Bonchev–Trinajstić information content (AvgIpc) is 2.74. The highest BCUT2D eigenvalue weighted by atomic mass is 35.5. The van der Waals surface area contributed by atoms with Crippen LogP contribution in [0, 0.1) is 0 Å². The minimum absolute atomic E-state index is 0.0101. The summed E-state index contributed by atoms with van der Waals surface area (Å²) < 4.78 is 10.9. The average molecular weight is 418 g/mol. The number of nitrogens with zero attached hydrogens (tertiary/aromatic N) is 2. The molecular weight excluding hydrogens is 390 g/mol. The van der Waals surface area contributed by atoms with Crippen LogP contribution in [0.5, 0.6) is 11.5 Å². The van der Waals surface area contributed by atoms with Crippen LogP contribution in [0.4, 0.5) is 0 Å². The molecule has 0 bridgehead atoms. The number of rotatable bonds is 5. The van der Waals surface area contributed by atoms with Crippen LogP contribution >= 0.6 is 11.6 Å². The summed E-state index contributed by atoms with van der Waals surface area (Å²) in [6, 6.07) is 3.64. The van der Waals surface area contributed by atoms with Crippen molar-refractivity contribution >= 4 is 11.6 Å². The standard InChI is InChI=1S/C22H28ClN3O3/c1-28-19-11-16(23)10-15(20(19)29-2)12-26-9-8-18-17(13-26)22(27)25-21(24-18)14-6-4-3-5-7-14/h10-11,14H,3-9,12-13H2,1-2H3,(H,24,25,27). The predicted molar refractivity (Wildman–Crippen MR) is 113 cm³/mol. The lowest BCUT2D eigenvalue weighted by Crippen LogP contribution is -2.36. The molecule has 2 aromatic rings. The molecule has 6 nitrogen and oxygen atoms in total. The van der Waals surface area contributed by atoms with Gasteiger partial charge in [-0.15, -0.1) is 0 Å². The molecule has 1 aromatic heterocycles. The lowest BCUT2D eigenvalue weighted by atomic mass is 9.88. The number of hydrogen-bond donors (Lipinski definition) is 1. The lowest BCUT2D eigenvalue weighted by molar-refractivity contribution is 0.236. The van der Waals surface area contributed by atoms with E-state index in [9.17, 15) is 4.79 Å². The summed E-state index contributed by atoms with van der Waals surface area (Å²) in [7, 11) is 3.23.